The van der Waals surface area contributed by atoms with Crippen LogP contribution in [0.25, 0.3) is 0 Å². The minimum absolute atomic E-state index is 0.0887. The van der Waals surface area contributed by atoms with E-state index < -0.39 is 0 Å². The first kappa shape index (κ1) is 16.8. The standard InChI is InChI=1S/C14H27N3O3/c1-14(2,3)17-10-11(9-12(17)19)16-13(20)15-7-5-4-6-8-18/h11,18H,4-10H2,1-3H3,(H2,15,16,20). The Morgan fingerprint density at radius 2 is 2.05 bits per heavy atom. The average Bonchev–Trinajstić information content (AvgIpc) is 2.69. The summed E-state index contributed by atoms with van der Waals surface area (Å²) in [4.78, 5) is 25.4. The van der Waals surface area contributed by atoms with Gasteiger partial charge in [0.15, 0.2) is 0 Å². The van der Waals surface area contributed by atoms with Gasteiger partial charge in [-0.1, -0.05) is 0 Å². The van der Waals surface area contributed by atoms with Crippen LogP contribution in [0, 0.1) is 0 Å². The zero-order chi connectivity index (χ0) is 15.2. The van der Waals surface area contributed by atoms with Crippen molar-refractivity contribution in [3.8, 4) is 0 Å². The van der Waals surface area contributed by atoms with Gasteiger partial charge in [0.2, 0.25) is 5.91 Å². The van der Waals surface area contributed by atoms with Crippen molar-refractivity contribution in [1.82, 2.24) is 15.5 Å². The van der Waals surface area contributed by atoms with Gasteiger partial charge in [-0.3, -0.25) is 4.79 Å². The number of urea groups is 1. The molecule has 0 aromatic heterocycles. The smallest absolute Gasteiger partial charge is 0.315 e. The maximum atomic E-state index is 11.9. The number of rotatable bonds is 6. The zero-order valence-corrected chi connectivity index (χ0v) is 12.7. The molecule has 1 rings (SSSR count). The normalized spacial score (nSPS) is 19.3. The number of carbonyl (C=O) groups is 2. The average molecular weight is 285 g/mol. The monoisotopic (exact) mass is 285 g/mol. The lowest BCUT2D eigenvalue weighted by Crippen LogP contribution is -2.46. The Morgan fingerprint density at radius 3 is 2.60 bits per heavy atom. The van der Waals surface area contributed by atoms with Gasteiger partial charge in [0.05, 0.1) is 6.04 Å². The van der Waals surface area contributed by atoms with E-state index in [4.69, 9.17) is 5.11 Å². The molecule has 20 heavy (non-hydrogen) atoms. The molecule has 1 unspecified atom stereocenters. The van der Waals surface area contributed by atoms with Crippen LogP contribution in [0.5, 0.6) is 0 Å². The minimum Gasteiger partial charge on any atom is -0.396 e. The van der Waals surface area contributed by atoms with Crippen LogP contribution >= 0.6 is 0 Å². The Kier molecular flexibility index (Phi) is 6.26. The Morgan fingerprint density at radius 1 is 1.35 bits per heavy atom. The number of unbranched alkanes of at least 4 members (excludes halogenated alkanes) is 2. The quantitative estimate of drug-likeness (QED) is 0.633. The Balaban J connectivity index is 2.25. The molecule has 0 aliphatic carbocycles. The summed E-state index contributed by atoms with van der Waals surface area (Å²) >= 11 is 0. The largest absolute Gasteiger partial charge is 0.396 e. The van der Waals surface area contributed by atoms with Crippen molar-refractivity contribution < 1.29 is 14.7 Å². The van der Waals surface area contributed by atoms with Crippen molar-refractivity contribution in [1.29, 1.82) is 0 Å². The van der Waals surface area contributed by atoms with E-state index in [0.29, 0.717) is 19.5 Å². The van der Waals surface area contributed by atoms with Crippen LogP contribution in [-0.2, 0) is 4.79 Å². The molecule has 1 saturated heterocycles. The third-order valence-electron chi connectivity index (χ3n) is 3.39. The first-order chi connectivity index (χ1) is 9.34. The first-order valence-electron chi connectivity index (χ1n) is 7.30. The molecule has 0 radical (unpaired) electrons. The molecule has 3 N–H and O–H groups in total. The number of likely N-dealkylation sites (tertiary alicyclic amines) is 1. The maximum Gasteiger partial charge on any atom is 0.315 e. The van der Waals surface area contributed by atoms with Gasteiger partial charge in [-0.2, -0.15) is 0 Å². The van der Waals surface area contributed by atoms with E-state index in [-0.39, 0.29) is 30.1 Å². The first-order valence-corrected chi connectivity index (χ1v) is 7.30. The molecule has 0 saturated carbocycles. The lowest BCUT2D eigenvalue weighted by atomic mass is 10.1. The van der Waals surface area contributed by atoms with E-state index in [1.54, 1.807) is 4.90 Å². The third kappa shape index (κ3) is 5.36. The highest BCUT2D eigenvalue weighted by atomic mass is 16.3. The highest BCUT2D eigenvalue weighted by Crippen LogP contribution is 2.21. The number of hydrogen-bond acceptors (Lipinski definition) is 3. The molecular weight excluding hydrogens is 258 g/mol. The van der Waals surface area contributed by atoms with Gasteiger partial charge >= 0.3 is 6.03 Å². The van der Waals surface area contributed by atoms with Gasteiger partial charge < -0.3 is 20.6 Å². The summed E-state index contributed by atoms with van der Waals surface area (Å²) in [6, 6.07) is -0.332. The SMILES string of the molecule is CC(C)(C)N1CC(NC(=O)NCCCCCO)CC1=O. The molecule has 3 amide bonds. The molecule has 6 heteroatoms. The number of hydrogen-bond donors (Lipinski definition) is 3. The molecule has 0 spiro atoms. The van der Waals surface area contributed by atoms with Crippen LogP contribution in [0.1, 0.15) is 46.5 Å². The van der Waals surface area contributed by atoms with E-state index in [9.17, 15) is 9.59 Å². The van der Waals surface area contributed by atoms with Crippen molar-refractivity contribution >= 4 is 11.9 Å². The van der Waals surface area contributed by atoms with Crippen LogP contribution in [0.3, 0.4) is 0 Å². The highest BCUT2D eigenvalue weighted by molar-refractivity contribution is 5.82. The van der Waals surface area contributed by atoms with Gasteiger partial charge in [0.1, 0.15) is 0 Å². The summed E-state index contributed by atoms with van der Waals surface area (Å²) in [5.41, 5.74) is -0.200. The minimum atomic E-state index is -0.220. The van der Waals surface area contributed by atoms with E-state index in [2.05, 4.69) is 10.6 Å². The molecule has 0 bridgehead atoms. The van der Waals surface area contributed by atoms with E-state index in [0.717, 1.165) is 19.3 Å². The van der Waals surface area contributed by atoms with Crippen LogP contribution in [0.4, 0.5) is 4.79 Å². The number of nitrogens with zero attached hydrogens (tertiary/aromatic N) is 1. The molecular formula is C14H27N3O3. The Bertz CT molecular complexity index is 339. The molecule has 6 nitrogen and oxygen atoms in total. The van der Waals surface area contributed by atoms with Gasteiger partial charge in [-0.25, -0.2) is 4.79 Å². The molecule has 1 atom stereocenters. The van der Waals surface area contributed by atoms with Crippen LogP contribution in [0.15, 0.2) is 0 Å². The molecule has 1 aliphatic heterocycles. The number of aliphatic hydroxyl groups excluding tert-OH is 1. The zero-order valence-electron chi connectivity index (χ0n) is 12.7. The van der Waals surface area contributed by atoms with Crippen molar-refractivity contribution in [2.45, 2.75) is 58.0 Å². The molecule has 0 aromatic rings. The fourth-order valence-corrected chi connectivity index (χ4v) is 2.30. The van der Waals surface area contributed by atoms with Gasteiger partial charge in [0, 0.05) is 31.7 Å². The highest BCUT2D eigenvalue weighted by Gasteiger charge is 2.36. The summed E-state index contributed by atoms with van der Waals surface area (Å²) in [5, 5.41) is 14.3. The summed E-state index contributed by atoms with van der Waals surface area (Å²) < 4.78 is 0. The van der Waals surface area contributed by atoms with Crippen LogP contribution in [0.2, 0.25) is 0 Å². The van der Waals surface area contributed by atoms with Crippen molar-refractivity contribution in [2.75, 3.05) is 19.7 Å². The Labute approximate surface area is 120 Å². The molecule has 1 aliphatic rings. The predicted molar refractivity (Wildman–Crippen MR) is 77.3 cm³/mol. The molecule has 0 aromatic carbocycles. The predicted octanol–water partition coefficient (Wildman–Crippen LogP) is 0.848. The fraction of sp³-hybridized carbons (Fsp3) is 0.857. The van der Waals surface area contributed by atoms with Crippen LogP contribution < -0.4 is 10.6 Å². The second-order valence-corrected chi connectivity index (χ2v) is 6.26. The summed E-state index contributed by atoms with van der Waals surface area (Å²) in [6.07, 6.45) is 2.89. The Hall–Kier alpha value is -1.30. The van der Waals surface area contributed by atoms with Crippen molar-refractivity contribution in [3.05, 3.63) is 0 Å². The lowest BCUT2D eigenvalue weighted by Gasteiger charge is -2.32. The lowest BCUT2D eigenvalue weighted by molar-refractivity contribution is -0.131. The second kappa shape index (κ2) is 7.47. The fourth-order valence-electron chi connectivity index (χ4n) is 2.30. The summed E-state index contributed by atoms with van der Waals surface area (Å²) in [7, 11) is 0. The topological polar surface area (TPSA) is 81.7 Å². The van der Waals surface area contributed by atoms with Crippen molar-refractivity contribution in [3.63, 3.8) is 0 Å². The van der Waals surface area contributed by atoms with E-state index in [1.807, 2.05) is 20.8 Å². The number of aliphatic hydroxyl groups is 1. The number of carbonyl (C=O) groups excluding carboxylic acids is 2. The number of amides is 3. The number of nitrogens with one attached hydrogen (secondary N) is 2. The van der Waals surface area contributed by atoms with E-state index >= 15 is 0 Å². The van der Waals surface area contributed by atoms with Gasteiger partial charge in [0.25, 0.3) is 0 Å². The van der Waals surface area contributed by atoms with E-state index in [1.165, 1.54) is 0 Å². The van der Waals surface area contributed by atoms with Crippen LogP contribution in [-0.4, -0.2) is 53.2 Å². The summed E-state index contributed by atoms with van der Waals surface area (Å²) in [6.45, 7) is 7.34. The molecule has 1 heterocycles. The van der Waals surface area contributed by atoms with Gasteiger partial charge in [-0.05, 0) is 40.0 Å². The molecule has 116 valence electrons. The van der Waals surface area contributed by atoms with Crippen molar-refractivity contribution in [2.24, 2.45) is 0 Å². The molecule has 1 fully saturated rings. The third-order valence-corrected chi connectivity index (χ3v) is 3.39. The second-order valence-electron chi connectivity index (χ2n) is 6.26. The summed E-state index contributed by atoms with van der Waals surface area (Å²) in [5.74, 6) is 0.0887. The maximum absolute atomic E-state index is 11.9. The van der Waals surface area contributed by atoms with Gasteiger partial charge in [-0.15, -0.1) is 0 Å².